The highest BCUT2D eigenvalue weighted by molar-refractivity contribution is 9.10. The summed E-state index contributed by atoms with van der Waals surface area (Å²) in [6.07, 6.45) is 2.44. The molecule has 1 aromatic carbocycles. The fraction of sp³-hybridized carbons (Fsp3) is 0.538. The van der Waals surface area contributed by atoms with E-state index in [1.165, 1.54) is 25.5 Å². The Morgan fingerprint density at radius 1 is 1.53 bits per heavy atom. The van der Waals surface area contributed by atoms with Crippen LogP contribution in [0.5, 0.6) is 0 Å². The molecule has 4 heteroatoms. The van der Waals surface area contributed by atoms with E-state index in [2.05, 4.69) is 33.2 Å². The Balaban J connectivity index is 1.90. The lowest BCUT2D eigenvalue weighted by molar-refractivity contribution is 0.226. The molecule has 1 N–H and O–H groups in total. The van der Waals surface area contributed by atoms with Crippen molar-refractivity contribution in [2.45, 2.75) is 25.4 Å². The zero-order valence-electron chi connectivity index (χ0n) is 10.0. The topological polar surface area (TPSA) is 15.3 Å². The van der Waals surface area contributed by atoms with Crippen molar-refractivity contribution in [1.82, 2.24) is 10.2 Å². The van der Waals surface area contributed by atoms with Crippen molar-refractivity contribution in [3.8, 4) is 0 Å². The molecule has 0 aromatic heterocycles. The first kappa shape index (κ1) is 13.0. The van der Waals surface area contributed by atoms with E-state index in [0.717, 1.165) is 23.1 Å². The number of piperidine rings is 1. The van der Waals surface area contributed by atoms with Crippen molar-refractivity contribution in [2.24, 2.45) is 0 Å². The molecule has 0 aliphatic carbocycles. The number of nitrogens with one attached hydrogen (secondary N) is 1. The number of halogens is 2. The molecule has 1 saturated heterocycles. The van der Waals surface area contributed by atoms with E-state index in [-0.39, 0.29) is 5.82 Å². The van der Waals surface area contributed by atoms with Gasteiger partial charge in [0.15, 0.2) is 0 Å². The SMILES string of the molecule is CN1CCCC(NCc2cc(F)ccc2Br)C1. The van der Waals surface area contributed by atoms with Gasteiger partial charge in [-0.15, -0.1) is 0 Å². The molecule has 1 aliphatic rings. The first-order chi connectivity index (χ1) is 8.15. The molecule has 2 rings (SSSR count). The van der Waals surface area contributed by atoms with Gasteiger partial charge in [-0.1, -0.05) is 15.9 Å². The predicted octanol–water partition coefficient (Wildman–Crippen LogP) is 2.77. The number of likely N-dealkylation sites (N-methyl/N-ethyl adjacent to an activating group) is 1. The van der Waals surface area contributed by atoms with Crippen molar-refractivity contribution in [3.05, 3.63) is 34.1 Å². The Bertz CT molecular complexity index is 384. The van der Waals surface area contributed by atoms with E-state index in [4.69, 9.17) is 0 Å². The van der Waals surface area contributed by atoms with E-state index < -0.39 is 0 Å². The lowest BCUT2D eigenvalue weighted by Crippen LogP contribution is -2.43. The van der Waals surface area contributed by atoms with Gasteiger partial charge in [0, 0.05) is 23.6 Å². The molecule has 0 spiro atoms. The van der Waals surface area contributed by atoms with E-state index in [1.807, 2.05) is 0 Å². The predicted molar refractivity (Wildman–Crippen MR) is 71.5 cm³/mol. The maximum atomic E-state index is 13.1. The van der Waals surface area contributed by atoms with E-state index in [1.54, 1.807) is 12.1 Å². The molecule has 1 unspecified atom stereocenters. The Morgan fingerprint density at radius 2 is 2.35 bits per heavy atom. The monoisotopic (exact) mass is 300 g/mol. The number of rotatable bonds is 3. The zero-order chi connectivity index (χ0) is 12.3. The molecule has 0 bridgehead atoms. The van der Waals surface area contributed by atoms with Crippen LogP contribution in [0.25, 0.3) is 0 Å². The minimum Gasteiger partial charge on any atom is -0.309 e. The van der Waals surface area contributed by atoms with Crippen LogP contribution in [-0.2, 0) is 6.54 Å². The van der Waals surface area contributed by atoms with Crippen molar-refractivity contribution in [3.63, 3.8) is 0 Å². The number of hydrogen-bond acceptors (Lipinski definition) is 2. The fourth-order valence-corrected chi connectivity index (χ4v) is 2.65. The summed E-state index contributed by atoms with van der Waals surface area (Å²) >= 11 is 3.45. The molecule has 1 heterocycles. The minimum absolute atomic E-state index is 0.175. The maximum Gasteiger partial charge on any atom is 0.123 e. The quantitative estimate of drug-likeness (QED) is 0.923. The van der Waals surface area contributed by atoms with E-state index in [0.29, 0.717) is 6.04 Å². The Kier molecular flexibility index (Phi) is 4.54. The van der Waals surface area contributed by atoms with Gasteiger partial charge in [-0.25, -0.2) is 4.39 Å². The van der Waals surface area contributed by atoms with Crippen LogP contribution < -0.4 is 5.32 Å². The summed E-state index contributed by atoms with van der Waals surface area (Å²) in [4.78, 5) is 2.34. The minimum atomic E-state index is -0.175. The lowest BCUT2D eigenvalue weighted by atomic mass is 10.1. The summed E-state index contributed by atoms with van der Waals surface area (Å²) in [6.45, 7) is 2.98. The van der Waals surface area contributed by atoms with E-state index in [9.17, 15) is 4.39 Å². The molecule has 1 aliphatic heterocycles. The highest BCUT2D eigenvalue weighted by atomic mass is 79.9. The van der Waals surface area contributed by atoms with Gasteiger partial charge in [0.05, 0.1) is 0 Å². The third-order valence-electron chi connectivity index (χ3n) is 3.21. The average molecular weight is 301 g/mol. The van der Waals surface area contributed by atoms with Crippen LogP contribution in [0.2, 0.25) is 0 Å². The molecule has 1 aromatic rings. The lowest BCUT2D eigenvalue weighted by Gasteiger charge is -2.30. The smallest absolute Gasteiger partial charge is 0.123 e. The summed E-state index contributed by atoms with van der Waals surface area (Å²) in [5.74, 6) is -0.175. The number of benzene rings is 1. The number of likely N-dealkylation sites (tertiary alicyclic amines) is 1. The Labute approximate surface area is 110 Å². The second-order valence-electron chi connectivity index (χ2n) is 4.72. The van der Waals surface area contributed by atoms with Gasteiger partial charge in [0.25, 0.3) is 0 Å². The first-order valence-corrected chi connectivity index (χ1v) is 6.80. The van der Waals surface area contributed by atoms with Crippen molar-refractivity contribution in [1.29, 1.82) is 0 Å². The van der Waals surface area contributed by atoms with Crippen LogP contribution in [0.15, 0.2) is 22.7 Å². The molecule has 1 fully saturated rings. The summed E-state index contributed by atoms with van der Waals surface area (Å²) in [7, 11) is 2.14. The molecule has 0 amide bonds. The summed E-state index contributed by atoms with van der Waals surface area (Å²) in [5.41, 5.74) is 0.984. The second-order valence-corrected chi connectivity index (χ2v) is 5.57. The highest BCUT2D eigenvalue weighted by Crippen LogP contribution is 2.18. The fourth-order valence-electron chi connectivity index (χ4n) is 2.27. The van der Waals surface area contributed by atoms with Gasteiger partial charge in [0.1, 0.15) is 5.82 Å². The van der Waals surface area contributed by atoms with Crippen molar-refractivity contribution >= 4 is 15.9 Å². The zero-order valence-corrected chi connectivity index (χ0v) is 11.6. The van der Waals surface area contributed by atoms with Crippen LogP contribution in [0, 0.1) is 5.82 Å². The van der Waals surface area contributed by atoms with Gasteiger partial charge in [-0.05, 0) is 50.2 Å². The molecular weight excluding hydrogens is 283 g/mol. The van der Waals surface area contributed by atoms with Crippen LogP contribution >= 0.6 is 15.9 Å². The number of nitrogens with zero attached hydrogens (tertiary/aromatic N) is 1. The average Bonchev–Trinajstić information content (AvgIpc) is 2.30. The molecule has 0 saturated carbocycles. The third kappa shape index (κ3) is 3.76. The maximum absolute atomic E-state index is 13.1. The Hall–Kier alpha value is -0.450. The summed E-state index contributed by atoms with van der Waals surface area (Å²) in [5, 5.41) is 3.50. The van der Waals surface area contributed by atoms with Crippen LogP contribution in [0.3, 0.4) is 0 Å². The summed E-state index contributed by atoms with van der Waals surface area (Å²) in [6, 6.07) is 5.34. The number of hydrogen-bond donors (Lipinski definition) is 1. The van der Waals surface area contributed by atoms with Gasteiger partial charge in [0.2, 0.25) is 0 Å². The molecular formula is C13H18BrFN2. The van der Waals surface area contributed by atoms with Crippen LogP contribution in [-0.4, -0.2) is 31.1 Å². The van der Waals surface area contributed by atoms with Crippen LogP contribution in [0.4, 0.5) is 4.39 Å². The molecule has 17 heavy (non-hydrogen) atoms. The Morgan fingerprint density at radius 3 is 3.12 bits per heavy atom. The van der Waals surface area contributed by atoms with Gasteiger partial charge in [-0.3, -0.25) is 0 Å². The molecule has 0 radical (unpaired) electrons. The normalized spacial score (nSPS) is 21.7. The second kappa shape index (κ2) is 5.94. The van der Waals surface area contributed by atoms with Crippen molar-refractivity contribution < 1.29 is 4.39 Å². The van der Waals surface area contributed by atoms with Gasteiger partial charge < -0.3 is 10.2 Å². The van der Waals surface area contributed by atoms with Gasteiger partial charge in [-0.2, -0.15) is 0 Å². The first-order valence-electron chi connectivity index (χ1n) is 6.01. The molecule has 2 nitrogen and oxygen atoms in total. The standard InChI is InChI=1S/C13H18BrFN2/c1-17-6-2-3-12(9-17)16-8-10-7-11(15)4-5-13(10)14/h4-5,7,12,16H,2-3,6,8-9H2,1H3. The van der Waals surface area contributed by atoms with Gasteiger partial charge >= 0.3 is 0 Å². The summed E-state index contributed by atoms with van der Waals surface area (Å²) < 4.78 is 14.1. The highest BCUT2D eigenvalue weighted by Gasteiger charge is 2.16. The van der Waals surface area contributed by atoms with Crippen molar-refractivity contribution in [2.75, 3.05) is 20.1 Å². The third-order valence-corrected chi connectivity index (χ3v) is 3.99. The molecule has 1 atom stereocenters. The van der Waals surface area contributed by atoms with Crippen LogP contribution in [0.1, 0.15) is 18.4 Å². The van der Waals surface area contributed by atoms with E-state index >= 15 is 0 Å². The largest absolute Gasteiger partial charge is 0.309 e. The molecule has 94 valence electrons.